The van der Waals surface area contributed by atoms with Crippen LogP contribution in [0.5, 0.6) is 11.5 Å². The molecule has 0 fully saturated rings. The van der Waals surface area contributed by atoms with Crippen molar-refractivity contribution < 1.29 is 27.4 Å². The molecular formula is C20H19F3N2O3. The summed E-state index contributed by atoms with van der Waals surface area (Å²) in [6, 6.07) is 11.1. The number of ether oxygens (including phenoxy) is 2. The first-order valence-electron chi connectivity index (χ1n) is 8.51. The number of hydrazone groups is 1. The number of benzene rings is 2. The molecule has 2 aromatic carbocycles. The molecule has 0 spiro atoms. The van der Waals surface area contributed by atoms with Gasteiger partial charge in [-0.3, -0.25) is 4.79 Å². The molecule has 148 valence electrons. The van der Waals surface area contributed by atoms with E-state index >= 15 is 0 Å². The lowest BCUT2D eigenvalue weighted by atomic mass is 9.97. The monoisotopic (exact) mass is 392 g/mol. The fraction of sp³-hybridized carbons (Fsp3) is 0.300. The highest BCUT2D eigenvalue weighted by atomic mass is 19.4. The van der Waals surface area contributed by atoms with E-state index in [2.05, 4.69) is 5.10 Å². The second-order valence-electron chi connectivity index (χ2n) is 6.39. The summed E-state index contributed by atoms with van der Waals surface area (Å²) in [5, 5.41) is 4.55. The van der Waals surface area contributed by atoms with Gasteiger partial charge < -0.3 is 9.47 Å². The number of nitrogens with zero attached hydrogens (tertiary/aromatic N) is 2. The maximum absolute atomic E-state index is 13.1. The van der Waals surface area contributed by atoms with Crippen LogP contribution in [0.3, 0.4) is 0 Å². The van der Waals surface area contributed by atoms with Crippen molar-refractivity contribution in [2.75, 3.05) is 14.2 Å². The lowest BCUT2D eigenvalue weighted by Gasteiger charge is -2.23. The zero-order chi connectivity index (χ0) is 20.5. The van der Waals surface area contributed by atoms with Crippen LogP contribution in [0.15, 0.2) is 47.6 Å². The highest BCUT2D eigenvalue weighted by molar-refractivity contribution is 6.05. The van der Waals surface area contributed by atoms with Crippen molar-refractivity contribution in [1.82, 2.24) is 5.01 Å². The average molecular weight is 392 g/mol. The van der Waals surface area contributed by atoms with Crippen molar-refractivity contribution in [2.45, 2.75) is 25.6 Å². The molecule has 1 amide bonds. The Labute approximate surface area is 160 Å². The van der Waals surface area contributed by atoms with E-state index in [9.17, 15) is 18.0 Å². The smallest absolute Gasteiger partial charge is 0.473 e. The minimum Gasteiger partial charge on any atom is -0.497 e. The van der Waals surface area contributed by atoms with Crippen LogP contribution in [-0.2, 0) is 4.79 Å². The molecule has 1 aliphatic rings. The number of methoxy groups -OCH3 is 2. The molecule has 0 N–H and O–H groups in total. The first kappa shape index (κ1) is 19.7. The molecule has 0 saturated carbocycles. The fourth-order valence-electron chi connectivity index (χ4n) is 3.08. The van der Waals surface area contributed by atoms with Crippen LogP contribution < -0.4 is 9.47 Å². The Morgan fingerprint density at radius 1 is 1.11 bits per heavy atom. The predicted molar refractivity (Wildman–Crippen MR) is 97.5 cm³/mol. The third-order valence-corrected chi connectivity index (χ3v) is 4.54. The molecule has 1 heterocycles. The Hall–Kier alpha value is -3.03. The Morgan fingerprint density at radius 3 is 2.36 bits per heavy atom. The first-order valence-corrected chi connectivity index (χ1v) is 8.51. The third-order valence-electron chi connectivity index (χ3n) is 4.54. The van der Waals surface area contributed by atoms with Gasteiger partial charge in [0.1, 0.15) is 11.5 Å². The summed E-state index contributed by atoms with van der Waals surface area (Å²) >= 11 is 0. The van der Waals surface area contributed by atoms with Gasteiger partial charge in [-0.15, -0.1) is 0 Å². The number of carbonyl (C=O) groups is 1. The van der Waals surface area contributed by atoms with Crippen LogP contribution in [-0.4, -0.2) is 37.0 Å². The SMILES string of the molecule is COc1ccc(OC)c(C2=NN(C(=O)C(F)(F)F)[C@@H](c3ccc(C)cc3)C2)c1. The molecule has 3 rings (SSSR count). The Bertz CT molecular complexity index is 908. The number of alkyl halides is 3. The highest BCUT2D eigenvalue weighted by Gasteiger charge is 2.47. The second kappa shape index (κ2) is 7.53. The van der Waals surface area contributed by atoms with Gasteiger partial charge in [-0.25, -0.2) is 5.01 Å². The maximum Gasteiger partial charge on any atom is 0.473 e. The summed E-state index contributed by atoms with van der Waals surface area (Å²) in [6.07, 6.45) is -4.91. The van der Waals surface area contributed by atoms with E-state index in [-0.39, 0.29) is 6.42 Å². The summed E-state index contributed by atoms with van der Waals surface area (Å²) in [5.74, 6) is -1.07. The molecule has 0 saturated heterocycles. The molecule has 0 unspecified atom stereocenters. The van der Waals surface area contributed by atoms with Crippen LogP contribution in [0.2, 0.25) is 0 Å². The summed E-state index contributed by atoms with van der Waals surface area (Å²) in [7, 11) is 2.94. The molecule has 1 aliphatic heterocycles. The maximum atomic E-state index is 13.1. The number of amides is 1. The van der Waals surface area contributed by atoms with Crippen molar-refractivity contribution in [3.63, 3.8) is 0 Å². The normalized spacial score (nSPS) is 16.7. The van der Waals surface area contributed by atoms with Crippen molar-refractivity contribution >= 4 is 11.6 Å². The molecule has 0 aliphatic carbocycles. The number of hydrogen-bond acceptors (Lipinski definition) is 4. The van der Waals surface area contributed by atoms with Crippen LogP contribution >= 0.6 is 0 Å². The third kappa shape index (κ3) is 3.81. The van der Waals surface area contributed by atoms with Gasteiger partial charge in [0, 0.05) is 12.0 Å². The van der Waals surface area contributed by atoms with E-state index in [1.165, 1.54) is 14.2 Å². The van der Waals surface area contributed by atoms with E-state index in [4.69, 9.17) is 9.47 Å². The van der Waals surface area contributed by atoms with Gasteiger partial charge in [-0.05, 0) is 30.7 Å². The van der Waals surface area contributed by atoms with Crippen molar-refractivity contribution in [3.05, 3.63) is 59.2 Å². The van der Waals surface area contributed by atoms with Gasteiger partial charge in [0.25, 0.3) is 0 Å². The van der Waals surface area contributed by atoms with Crippen LogP contribution in [0, 0.1) is 6.92 Å². The number of carbonyl (C=O) groups excluding carboxylic acids is 1. The van der Waals surface area contributed by atoms with Crippen LogP contribution in [0.1, 0.15) is 29.2 Å². The largest absolute Gasteiger partial charge is 0.497 e. The number of aryl methyl sites for hydroxylation is 1. The predicted octanol–water partition coefficient (Wildman–Crippen LogP) is 4.25. The standard InChI is InChI=1S/C20H19F3N2O3/c1-12-4-6-13(7-5-12)17-11-16(24-25(17)19(26)20(21,22)23)15-10-14(27-2)8-9-18(15)28-3/h4-10,17H,11H2,1-3H3/t17-/m1/s1. The van der Waals surface area contributed by atoms with Crippen LogP contribution in [0.25, 0.3) is 0 Å². The minimum atomic E-state index is -5.03. The number of halogens is 3. The van der Waals surface area contributed by atoms with Gasteiger partial charge in [-0.2, -0.15) is 18.3 Å². The lowest BCUT2D eigenvalue weighted by Crippen LogP contribution is -2.38. The van der Waals surface area contributed by atoms with E-state index in [0.717, 1.165) is 5.56 Å². The number of hydrogen-bond donors (Lipinski definition) is 0. The van der Waals surface area contributed by atoms with E-state index < -0.39 is 18.1 Å². The van der Waals surface area contributed by atoms with Crippen LogP contribution in [0.4, 0.5) is 13.2 Å². The minimum absolute atomic E-state index is 0.119. The quantitative estimate of drug-likeness (QED) is 0.782. The highest BCUT2D eigenvalue weighted by Crippen LogP contribution is 2.38. The summed E-state index contributed by atoms with van der Waals surface area (Å²) in [4.78, 5) is 12.0. The molecule has 5 nitrogen and oxygen atoms in total. The van der Waals surface area contributed by atoms with Gasteiger partial charge in [0.15, 0.2) is 0 Å². The Morgan fingerprint density at radius 2 is 1.79 bits per heavy atom. The zero-order valence-corrected chi connectivity index (χ0v) is 15.6. The lowest BCUT2D eigenvalue weighted by molar-refractivity contribution is -0.187. The molecule has 0 bridgehead atoms. The summed E-state index contributed by atoms with van der Waals surface area (Å²) < 4.78 is 49.9. The second-order valence-corrected chi connectivity index (χ2v) is 6.39. The molecular weight excluding hydrogens is 373 g/mol. The molecule has 0 radical (unpaired) electrons. The topological polar surface area (TPSA) is 51.1 Å². The average Bonchev–Trinajstić information content (AvgIpc) is 3.11. The molecule has 28 heavy (non-hydrogen) atoms. The summed E-state index contributed by atoms with van der Waals surface area (Å²) in [6.45, 7) is 1.88. The Balaban J connectivity index is 2.06. The molecule has 8 heteroatoms. The molecule has 0 aromatic heterocycles. The van der Waals surface area contributed by atoms with Crippen molar-refractivity contribution in [3.8, 4) is 11.5 Å². The van der Waals surface area contributed by atoms with Gasteiger partial charge in [-0.1, -0.05) is 29.8 Å². The fourth-order valence-corrected chi connectivity index (χ4v) is 3.08. The van der Waals surface area contributed by atoms with Gasteiger partial charge in [0.05, 0.1) is 26.0 Å². The zero-order valence-electron chi connectivity index (χ0n) is 15.6. The van der Waals surface area contributed by atoms with Gasteiger partial charge in [0.2, 0.25) is 0 Å². The van der Waals surface area contributed by atoms with Gasteiger partial charge >= 0.3 is 12.1 Å². The Kier molecular flexibility index (Phi) is 5.31. The first-order chi connectivity index (χ1) is 13.2. The molecule has 2 aromatic rings. The summed E-state index contributed by atoms with van der Waals surface area (Å²) in [5.41, 5.74) is 2.34. The van der Waals surface area contributed by atoms with Crippen molar-refractivity contribution in [1.29, 1.82) is 0 Å². The van der Waals surface area contributed by atoms with E-state index in [1.54, 1.807) is 42.5 Å². The van der Waals surface area contributed by atoms with E-state index in [0.29, 0.717) is 33.3 Å². The van der Waals surface area contributed by atoms with E-state index in [1.807, 2.05) is 6.92 Å². The molecule has 1 atom stereocenters. The number of rotatable bonds is 4. The van der Waals surface area contributed by atoms with Crippen molar-refractivity contribution in [2.24, 2.45) is 5.10 Å².